The van der Waals surface area contributed by atoms with Crippen molar-refractivity contribution in [2.75, 3.05) is 0 Å². The van der Waals surface area contributed by atoms with Gasteiger partial charge in [-0.3, -0.25) is 0 Å². The summed E-state index contributed by atoms with van der Waals surface area (Å²) in [5.74, 6) is 0.566. The van der Waals surface area contributed by atoms with E-state index in [4.69, 9.17) is 0 Å². The fourth-order valence-electron chi connectivity index (χ4n) is 1.78. The van der Waals surface area contributed by atoms with Crippen LogP contribution in [0.2, 0.25) is 0 Å². The molecule has 1 aromatic carbocycles. The Morgan fingerprint density at radius 2 is 2.07 bits per heavy atom. The highest BCUT2D eigenvalue weighted by Crippen LogP contribution is 2.28. The van der Waals surface area contributed by atoms with Crippen molar-refractivity contribution >= 4 is 0 Å². The minimum Gasteiger partial charge on any atom is -0.377 e. The number of hydrogen-bond acceptors (Lipinski definition) is 2. The van der Waals surface area contributed by atoms with Crippen molar-refractivity contribution in [2.24, 2.45) is 0 Å². The van der Waals surface area contributed by atoms with E-state index in [1.54, 1.807) is 19.3 Å². The van der Waals surface area contributed by atoms with Gasteiger partial charge in [-0.25, -0.2) is 4.98 Å². The molecule has 0 radical (unpaired) electrons. The van der Waals surface area contributed by atoms with Crippen molar-refractivity contribution in [1.29, 1.82) is 0 Å². The molecule has 0 saturated heterocycles. The van der Waals surface area contributed by atoms with Crippen LogP contribution in [0.3, 0.4) is 0 Å². The van der Waals surface area contributed by atoms with Crippen LogP contribution in [-0.4, -0.2) is 15.1 Å². The van der Waals surface area contributed by atoms with Crippen LogP contribution in [-0.2, 0) is 5.60 Å². The third kappa shape index (κ3) is 1.66. The second kappa shape index (κ2) is 3.51. The van der Waals surface area contributed by atoms with Crippen LogP contribution >= 0.6 is 0 Å². The summed E-state index contributed by atoms with van der Waals surface area (Å²) in [7, 11) is 0. The van der Waals surface area contributed by atoms with E-state index in [0.29, 0.717) is 5.82 Å². The van der Waals surface area contributed by atoms with Crippen molar-refractivity contribution < 1.29 is 5.11 Å². The third-order valence-electron chi connectivity index (χ3n) is 2.63. The molecule has 0 bridgehead atoms. The van der Waals surface area contributed by atoms with E-state index in [-0.39, 0.29) is 0 Å². The minimum atomic E-state index is -1.06. The quantitative estimate of drug-likeness (QED) is 0.782. The molecule has 1 aromatic heterocycles. The van der Waals surface area contributed by atoms with Gasteiger partial charge in [-0.15, -0.1) is 0 Å². The van der Waals surface area contributed by atoms with E-state index in [0.717, 1.165) is 11.1 Å². The van der Waals surface area contributed by atoms with Crippen LogP contribution in [0, 0.1) is 6.92 Å². The molecule has 0 aliphatic heterocycles. The summed E-state index contributed by atoms with van der Waals surface area (Å²) < 4.78 is 0. The van der Waals surface area contributed by atoms with Gasteiger partial charge in [0.15, 0.2) is 0 Å². The third-order valence-corrected chi connectivity index (χ3v) is 2.63. The lowest BCUT2D eigenvalue weighted by Crippen LogP contribution is -2.25. The number of aromatic amines is 1. The monoisotopic (exact) mass is 202 g/mol. The Morgan fingerprint density at radius 3 is 2.67 bits per heavy atom. The summed E-state index contributed by atoms with van der Waals surface area (Å²) in [6.07, 6.45) is 3.35. The van der Waals surface area contributed by atoms with Crippen molar-refractivity contribution in [3.8, 4) is 0 Å². The van der Waals surface area contributed by atoms with E-state index < -0.39 is 5.60 Å². The fraction of sp³-hybridized carbons (Fsp3) is 0.250. The molecule has 0 amide bonds. The van der Waals surface area contributed by atoms with Crippen LogP contribution in [0.15, 0.2) is 36.7 Å². The maximum Gasteiger partial charge on any atom is 0.144 e. The molecule has 0 aliphatic rings. The second-order valence-electron chi connectivity index (χ2n) is 3.82. The second-order valence-corrected chi connectivity index (χ2v) is 3.82. The van der Waals surface area contributed by atoms with Gasteiger partial charge in [-0.2, -0.15) is 0 Å². The Morgan fingerprint density at radius 1 is 1.33 bits per heavy atom. The Labute approximate surface area is 88.8 Å². The topological polar surface area (TPSA) is 48.9 Å². The summed E-state index contributed by atoms with van der Waals surface area (Å²) in [5, 5.41) is 10.4. The van der Waals surface area contributed by atoms with Crippen LogP contribution in [0.25, 0.3) is 0 Å². The number of aryl methyl sites for hydroxylation is 1. The van der Waals surface area contributed by atoms with Gasteiger partial charge in [0, 0.05) is 12.4 Å². The van der Waals surface area contributed by atoms with Gasteiger partial charge in [0.25, 0.3) is 0 Å². The van der Waals surface area contributed by atoms with Crippen LogP contribution in [0.4, 0.5) is 0 Å². The zero-order valence-electron chi connectivity index (χ0n) is 8.86. The molecule has 3 nitrogen and oxygen atoms in total. The average molecular weight is 202 g/mol. The lowest BCUT2D eigenvalue weighted by atomic mass is 9.91. The Bertz CT molecular complexity index is 446. The molecule has 78 valence electrons. The first kappa shape index (κ1) is 9.93. The zero-order valence-corrected chi connectivity index (χ0v) is 8.86. The number of hydrogen-bond donors (Lipinski definition) is 2. The largest absolute Gasteiger partial charge is 0.377 e. The van der Waals surface area contributed by atoms with E-state index in [9.17, 15) is 5.11 Å². The predicted octanol–water partition coefficient (Wildman–Crippen LogP) is 1.97. The minimum absolute atomic E-state index is 0.566. The van der Waals surface area contributed by atoms with E-state index in [1.807, 2.05) is 31.2 Å². The molecule has 3 heteroatoms. The van der Waals surface area contributed by atoms with Crippen LogP contribution < -0.4 is 0 Å². The highest BCUT2D eigenvalue weighted by molar-refractivity contribution is 5.35. The first-order valence-electron chi connectivity index (χ1n) is 4.90. The Hall–Kier alpha value is -1.61. The Balaban J connectivity index is 2.51. The molecule has 1 atom stereocenters. The summed E-state index contributed by atoms with van der Waals surface area (Å²) in [4.78, 5) is 7.04. The van der Waals surface area contributed by atoms with Gasteiger partial charge >= 0.3 is 0 Å². The number of H-pyrrole nitrogens is 1. The molecule has 1 unspecified atom stereocenters. The number of imidazole rings is 1. The first-order chi connectivity index (χ1) is 7.12. The van der Waals surface area contributed by atoms with Gasteiger partial charge in [0.1, 0.15) is 11.4 Å². The van der Waals surface area contributed by atoms with Crippen molar-refractivity contribution in [2.45, 2.75) is 19.4 Å². The smallest absolute Gasteiger partial charge is 0.144 e. The molecule has 2 rings (SSSR count). The maximum absolute atomic E-state index is 10.4. The highest BCUT2D eigenvalue weighted by atomic mass is 16.3. The van der Waals surface area contributed by atoms with E-state index >= 15 is 0 Å². The number of nitrogens with zero attached hydrogens (tertiary/aromatic N) is 1. The molecule has 0 aliphatic carbocycles. The van der Waals surface area contributed by atoms with Crippen molar-refractivity contribution in [3.63, 3.8) is 0 Å². The van der Waals surface area contributed by atoms with E-state index in [1.165, 1.54) is 0 Å². The zero-order chi connectivity index (χ0) is 10.9. The summed E-state index contributed by atoms with van der Waals surface area (Å²) in [5.41, 5.74) is 0.869. The molecule has 0 spiro atoms. The summed E-state index contributed by atoms with van der Waals surface area (Å²) in [6, 6.07) is 7.77. The predicted molar refractivity (Wildman–Crippen MR) is 58.4 cm³/mol. The Kier molecular flexibility index (Phi) is 2.32. The van der Waals surface area contributed by atoms with Gasteiger partial charge in [-0.05, 0) is 25.0 Å². The fourth-order valence-corrected chi connectivity index (χ4v) is 1.78. The first-order valence-corrected chi connectivity index (χ1v) is 4.90. The number of benzene rings is 1. The van der Waals surface area contributed by atoms with Gasteiger partial charge in [0.2, 0.25) is 0 Å². The molecule has 0 fully saturated rings. The number of aromatic nitrogens is 2. The molecular weight excluding hydrogens is 188 g/mol. The van der Waals surface area contributed by atoms with Crippen LogP contribution in [0.1, 0.15) is 23.9 Å². The summed E-state index contributed by atoms with van der Waals surface area (Å²) >= 11 is 0. The number of nitrogens with one attached hydrogen (secondary N) is 1. The van der Waals surface area contributed by atoms with Crippen molar-refractivity contribution in [1.82, 2.24) is 9.97 Å². The number of aliphatic hydroxyl groups is 1. The maximum atomic E-state index is 10.4. The van der Waals surface area contributed by atoms with Gasteiger partial charge < -0.3 is 10.1 Å². The molecule has 1 heterocycles. The number of rotatable bonds is 2. The van der Waals surface area contributed by atoms with Crippen LogP contribution in [0.5, 0.6) is 0 Å². The van der Waals surface area contributed by atoms with Gasteiger partial charge in [0.05, 0.1) is 0 Å². The lowest BCUT2D eigenvalue weighted by Gasteiger charge is -2.23. The highest BCUT2D eigenvalue weighted by Gasteiger charge is 2.29. The molecule has 15 heavy (non-hydrogen) atoms. The average Bonchev–Trinajstić information content (AvgIpc) is 2.71. The van der Waals surface area contributed by atoms with Crippen molar-refractivity contribution in [3.05, 3.63) is 53.6 Å². The molecule has 0 saturated carbocycles. The standard InChI is InChI=1S/C12H14N2O/c1-9-5-3-4-6-10(9)12(2,15)11-13-7-8-14-11/h3-8,15H,1-2H3,(H,13,14). The van der Waals surface area contributed by atoms with Gasteiger partial charge in [-0.1, -0.05) is 24.3 Å². The summed E-state index contributed by atoms with van der Waals surface area (Å²) in [6.45, 7) is 3.72. The molecule has 2 N–H and O–H groups in total. The SMILES string of the molecule is Cc1ccccc1C(C)(O)c1ncc[nH]1. The normalized spacial score (nSPS) is 14.9. The van der Waals surface area contributed by atoms with E-state index in [2.05, 4.69) is 9.97 Å². The lowest BCUT2D eigenvalue weighted by molar-refractivity contribution is 0.0925. The molecule has 2 aromatic rings. The molecular formula is C12H14N2O.